The summed E-state index contributed by atoms with van der Waals surface area (Å²) in [5.41, 5.74) is 0.859. The van der Waals surface area contributed by atoms with Gasteiger partial charge >= 0.3 is 6.09 Å². The molecule has 0 bridgehead atoms. The van der Waals surface area contributed by atoms with Crippen LogP contribution in [0.2, 0.25) is 0 Å². The van der Waals surface area contributed by atoms with E-state index < -0.39 is 29.1 Å². The lowest BCUT2D eigenvalue weighted by atomic mass is 9.87. The predicted molar refractivity (Wildman–Crippen MR) is 237 cm³/mol. The Hall–Kier alpha value is -4.96. The summed E-state index contributed by atoms with van der Waals surface area (Å²) in [5, 5.41) is 4.53. The number of aryl methyl sites for hydroxylation is 1. The average molecular weight is 868 g/mol. The number of piperidine rings is 2. The van der Waals surface area contributed by atoms with E-state index in [0.29, 0.717) is 60.2 Å². The van der Waals surface area contributed by atoms with Crippen LogP contribution in [0.15, 0.2) is 59.7 Å². The van der Waals surface area contributed by atoms with E-state index in [2.05, 4.69) is 27.0 Å². The minimum atomic E-state index is -1.56. The van der Waals surface area contributed by atoms with Crippen molar-refractivity contribution >= 4 is 33.8 Å². The van der Waals surface area contributed by atoms with Crippen LogP contribution in [0.4, 0.5) is 19.5 Å². The molecular formula is C48H59F2N7O6. The van der Waals surface area contributed by atoms with Gasteiger partial charge in [0.25, 0.3) is 5.56 Å². The van der Waals surface area contributed by atoms with Crippen molar-refractivity contribution in [3.8, 4) is 11.1 Å². The molecule has 1 amide bonds. The zero-order valence-electron chi connectivity index (χ0n) is 37.0. The van der Waals surface area contributed by atoms with Gasteiger partial charge in [-0.05, 0) is 127 Å². The molecule has 1 aliphatic carbocycles. The van der Waals surface area contributed by atoms with Crippen LogP contribution in [0, 0.1) is 11.6 Å². The summed E-state index contributed by atoms with van der Waals surface area (Å²) in [6.07, 6.45) is 9.99. The van der Waals surface area contributed by atoms with Crippen LogP contribution in [0.3, 0.4) is 0 Å². The topological polar surface area (TPSA) is 136 Å². The van der Waals surface area contributed by atoms with E-state index in [1.54, 1.807) is 17.8 Å². The number of aromatic amines is 1. The molecule has 5 aromatic rings. The average Bonchev–Trinajstić information content (AvgIpc) is 3.93. The highest BCUT2D eigenvalue weighted by Crippen LogP contribution is 2.45. The molecule has 4 fully saturated rings. The molecule has 6 heterocycles. The first-order valence-corrected chi connectivity index (χ1v) is 22.5. The minimum Gasteiger partial charge on any atom is -0.444 e. The lowest BCUT2D eigenvalue weighted by Gasteiger charge is -2.45. The van der Waals surface area contributed by atoms with Crippen molar-refractivity contribution < 1.29 is 32.5 Å². The van der Waals surface area contributed by atoms with Crippen molar-refractivity contribution in [2.75, 3.05) is 44.3 Å². The first kappa shape index (κ1) is 43.3. The summed E-state index contributed by atoms with van der Waals surface area (Å²) in [5.74, 6) is -0.966. The van der Waals surface area contributed by atoms with E-state index >= 15 is 8.78 Å². The molecule has 9 rings (SSSR count). The molecule has 15 heteroatoms. The van der Waals surface area contributed by atoms with E-state index in [0.717, 1.165) is 87.0 Å². The fourth-order valence-electron chi connectivity index (χ4n) is 9.48. The number of fused-ring (bicyclic) bond motifs is 2. The number of ether oxygens (including phenoxy) is 4. The number of hydrogen-bond donors (Lipinski definition) is 2. The van der Waals surface area contributed by atoms with Crippen molar-refractivity contribution in [2.24, 2.45) is 7.05 Å². The lowest BCUT2D eigenvalue weighted by Crippen LogP contribution is -2.57. The highest BCUT2D eigenvalue weighted by atomic mass is 19.1. The first-order chi connectivity index (χ1) is 30.1. The number of nitrogens with zero attached hydrogens (tertiary/aromatic N) is 5. The van der Waals surface area contributed by atoms with Crippen LogP contribution in [0.1, 0.15) is 96.7 Å². The molecule has 2 unspecified atom stereocenters. The fourth-order valence-corrected chi connectivity index (χ4v) is 9.48. The third-order valence-corrected chi connectivity index (χ3v) is 13.1. The Morgan fingerprint density at radius 1 is 0.952 bits per heavy atom. The second-order valence-corrected chi connectivity index (χ2v) is 19.2. The summed E-state index contributed by atoms with van der Waals surface area (Å²) in [7, 11) is 1.72. The maximum Gasteiger partial charge on any atom is 0.408 e. The fraction of sp³-hybridized carbons (Fsp3) is 0.542. The van der Waals surface area contributed by atoms with Gasteiger partial charge in [-0.2, -0.15) is 0 Å². The number of halogens is 2. The summed E-state index contributed by atoms with van der Waals surface area (Å²) >= 11 is 0. The number of H-pyrrole nitrogens is 1. The number of carbonyl (C=O) groups is 1. The number of rotatable bonds is 11. The van der Waals surface area contributed by atoms with Gasteiger partial charge in [-0.3, -0.25) is 4.79 Å². The quantitative estimate of drug-likeness (QED) is 0.134. The highest BCUT2D eigenvalue weighted by Gasteiger charge is 2.46. The number of anilines is 1. The molecule has 0 spiro atoms. The van der Waals surface area contributed by atoms with Crippen molar-refractivity contribution in [2.45, 2.75) is 121 Å². The van der Waals surface area contributed by atoms with E-state index in [1.165, 1.54) is 12.1 Å². The van der Waals surface area contributed by atoms with Gasteiger partial charge in [-0.25, -0.2) is 23.5 Å². The number of alkyl carbamates (subject to hydrolysis) is 1. The van der Waals surface area contributed by atoms with Crippen LogP contribution < -0.4 is 15.8 Å². The lowest BCUT2D eigenvalue weighted by molar-refractivity contribution is -0.197. The van der Waals surface area contributed by atoms with Crippen LogP contribution in [-0.4, -0.2) is 99.5 Å². The van der Waals surface area contributed by atoms with Gasteiger partial charge in [-0.1, -0.05) is 6.07 Å². The molecule has 4 aliphatic rings. The number of nitrogens with one attached hydrogen (secondary N) is 2. The molecular weight excluding hydrogens is 809 g/mol. The standard InChI is InChI=1S/C48H59F2N7O6/c1-46(2,3)63-45(59)54-47(4)16-21-56(22-17-47)34-14-19-57(20-15-34)44-52-39-12-9-30(38-28-55(5)43(58)41-36(38)13-18-51-41)24-37(39)42(53-44)48(62-35-10-11-35,29-61-40-8-6-7-23-60-40)31-25-32(49)27-33(50)26-31/h9,12-13,18,24-28,34-35,40,51H,6-8,10-11,14-17,19-23,29H2,1-5H3,(H,54,59). The second-order valence-electron chi connectivity index (χ2n) is 19.2. The van der Waals surface area contributed by atoms with E-state index in [-0.39, 0.29) is 35.5 Å². The Morgan fingerprint density at radius 3 is 2.38 bits per heavy atom. The van der Waals surface area contributed by atoms with Crippen LogP contribution in [0.25, 0.3) is 32.9 Å². The van der Waals surface area contributed by atoms with Crippen molar-refractivity contribution in [1.82, 2.24) is 29.7 Å². The largest absolute Gasteiger partial charge is 0.444 e. The molecule has 2 aromatic carbocycles. The summed E-state index contributed by atoms with van der Waals surface area (Å²) < 4.78 is 57.7. The number of hydrogen-bond acceptors (Lipinski definition) is 10. The molecule has 3 aliphatic heterocycles. The van der Waals surface area contributed by atoms with E-state index in [1.807, 2.05) is 51.2 Å². The number of amides is 1. The molecule has 2 atom stereocenters. The number of pyridine rings is 1. The summed E-state index contributed by atoms with van der Waals surface area (Å²) in [6.45, 7) is 11.3. The minimum absolute atomic E-state index is 0.104. The van der Waals surface area contributed by atoms with Gasteiger partial charge in [0, 0.05) is 86.2 Å². The van der Waals surface area contributed by atoms with E-state index in [9.17, 15) is 9.59 Å². The normalized spacial score (nSPS) is 21.1. The smallest absolute Gasteiger partial charge is 0.408 e. The zero-order valence-corrected chi connectivity index (χ0v) is 37.0. The number of aromatic nitrogens is 4. The monoisotopic (exact) mass is 867 g/mol. The Balaban J connectivity index is 1.09. The third-order valence-electron chi connectivity index (χ3n) is 13.1. The van der Waals surface area contributed by atoms with Crippen LogP contribution in [0.5, 0.6) is 0 Å². The van der Waals surface area contributed by atoms with Gasteiger partial charge in [0.15, 0.2) is 11.9 Å². The molecule has 13 nitrogen and oxygen atoms in total. The molecule has 3 saturated heterocycles. The molecule has 0 radical (unpaired) electrons. The molecule has 1 saturated carbocycles. The zero-order chi connectivity index (χ0) is 44.1. The van der Waals surface area contributed by atoms with Gasteiger partial charge in [0.2, 0.25) is 5.95 Å². The number of likely N-dealkylation sites (tertiary alicyclic amines) is 1. The van der Waals surface area contributed by atoms with Gasteiger partial charge in [-0.15, -0.1) is 0 Å². The van der Waals surface area contributed by atoms with Crippen molar-refractivity contribution in [3.05, 3.63) is 88.1 Å². The van der Waals surface area contributed by atoms with Gasteiger partial charge in [0.05, 0.1) is 23.9 Å². The number of carbonyl (C=O) groups excluding carboxylic acids is 1. The van der Waals surface area contributed by atoms with Crippen LogP contribution in [-0.2, 0) is 31.6 Å². The summed E-state index contributed by atoms with van der Waals surface area (Å²) in [4.78, 5) is 44.1. The molecule has 3 aromatic heterocycles. The van der Waals surface area contributed by atoms with Crippen LogP contribution >= 0.6 is 0 Å². The van der Waals surface area contributed by atoms with Gasteiger partial charge < -0.3 is 43.6 Å². The number of benzene rings is 2. The Bertz CT molecular complexity index is 2510. The maximum absolute atomic E-state index is 15.5. The first-order valence-electron chi connectivity index (χ1n) is 22.5. The SMILES string of the molecule is Cn1cc(-c2ccc3nc(N4CCC(N5CCC(C)(NC(=O)OC(C)(C)C)CC5)CC4)nc(C(COC4CCCCO4)(OC4CC4)c4cc(F)cc(F)c4)c3c2)c2cc[nH]c2c1=O. The van der Waals surface area contributed by atoms with Gasteiger partial charge in [0.1, 0.15) is 22.8 Å². The van der Waals surface area contributed by atoms with Crippen molar-refractivity contribution in [3.63, 3.8) is 0 Å². The maximum atomic E-state index is 15.5. The second kappa shape index (κ2) is 17.2. The molecule has 2 N–H and O–H groups in total. The Morgan fingerprint density at radius 2 is 1.70 bits per heavy atom. The predicted octanol–water partition coefficient (Wildman–Crippen LogP) is 8.07. The van der Waals surface area contributed by atoms with Crippen molar-refractivity contribution in [1.29, 1.82) is 0 Å². The highest BCUT2D eigenvalue weighted by molar-refractivity contribution is 5.97. The Kier molecular flexibility index (Phi) is 11.8. The molecule has 336 valence electrons. The molecule has 63 heavy (non-hydrogen) atoms. The Labute approximate surface area is 366 Å². The third kappa shape index (κ3) is 9.34. The summed E-state index contributed by atoms with van der Waals surface area (Å²) in [6, 6.07) is 11.7. The van der Waals surface area contributed by atoms with E-state index in [4.69, 9.17) is 28.9 Å².